The van der Waals surface area contributed by atoms with E-state index < -0.39 is 13.1 Å². The van der Waals surface area contributed by atoms with Gasteiger partial charge in [0, 0.05) is 5.71 Å². The summed E-state index contributed by atoms with van der Waals surface area (Å²) < 4.78 is 39.0. The van der Waals surface area contributed by atoms with Gasteiger partial charge in [-0.3, -0.25) is 9.73 Å². The summed E-state index contributed by atoms with van der Waals surface area (Å²) >= 11 is 0. The quantitative estimate of drug-likeness (QED) is 0.723. The number of ether oxygens (including phenoxy) is 1. The van der Waals surface area contributed by atoms with Crippen LogP contribution in [-0.2, 0) is 4.74 Å². The first-order valence-corrected chi connectivity index (χ1v) is 5.32. The maximum atomic E-state index is 11.8. The Kier molecular flexibility index (Phi) is 5.15. The van der Waals surface area contributed by atoms with Crippen molar-refractivity contribution in [3.63, 3.8) is 0 Å². The molecule has 0 amide bonds. The predicted octanol–water partition coefficient (Wildman–Crippen LogP) is 3.77. The van der Waals surface area contributed by atoms with Crippen molar-refractivity contribution in [2.45, 2.75) is 26.1 Å². The molecule has 0 unspecified atom stereocenters. The fourth-order valence-electron chi connectivity index (χ4n) is 1.37. The van der Waals surface area contributed by atoms with Crippen LogP contribution >= 0.6 is 0 Å². The molecule has 0 radical (unpaired) electrons. The molecular weight excluding hydrogens is 231 g/mol. The molecule has 0 fully saturated rings. The van der Waals surface area contributed by atoms with Crippen LogP contribution in [-0.4, -0.2) is 18.8 Å². The molecule has 1 rings (SSSR count). The van der Waals surface area contributed by atoms with Crippen molar-refractivity contribution in [1.29, 1.82) is 0 Å². The lowest BCUT2D eigenvalue weighted by Crippen LogP contribution is -2.14. The van der Waals surface area contributed by atoms with Crippen LogP contribution < -0.4 is 0 Å². The summed E-state index contributed by atoms with van der Waals surface area (Å²) in [5.74, 6) is 0. The minimum atomic E-state index is -4.63. The molecule has 17 heavy (non-hydrogen) atoms. The molecule has 0 N–H and O–H groups in total. The summed E-state index contributed by atoms with van der Waals surface area (Å²) in [6, 6.07) is 9.14. The number of hydrogen-bond acceptors (Lipinski definition) is 2. The molecule has 0 aromatic heterocycles. The van der Waals surface area contributed by atoms with Gasteiger partial charge in [0.05, 0.1) is 0 Å². The van der Waals surface area contributed by atoms with Crippen LogP contribution in [0.4, 0.5) is 13.2 Å². The lowest BCUT2D eigenvalue weighted by molar-refractivity contribution is -0.323. The van der Waals surface area contributed by atoms with Crippen LogP contribution in [0.3, 0.4) is 0 Å². The van der Waals surface area contributed by atoms with Gasteiger partial charge in [0.15, 0.2) is 0 Å². The van der Waals surface area contributed by atoms with E-state index in [1.165, 1.54) is 0 Å². The summed E-state index contributed by atoms with van der Waals surface area (Å²) in [6.07, 6.45) is -3.18. The molecule has 0 spiro atoms. The SMILES string of the molecule is CCC/C(=N/COC(F)(F)F)c1ccccc1. The average molecular weight is 245 g/mol. The summed E-state index contributed by atoms with van der Waals surface area (Å²) in [6.45, 7) is 1.26. The fourth-order valence-corrected chi connectivity index (χ4v) is 1.37. The van der Waals surface area contributed by atoms with E-state index in [1.54, 1.807) is 0 Å². The minimum Gasteiger partial charge on any atom is -0.269 e. The third-order valence-electron chi connectivity index (χ3n) is 2.08. The zero-order chi connectivity index (χ0) is 12.7. The highest BCUT2D eigenvalue weighted by atomic mass is 19.4. The zero-order valence-corrected chi connectivity index (χ0v) is 9.50. The molecule has 94 valence electrons. The van der Waals surface area contributed by atoms with E-state index in [1.807, 2.05) is 37.3 Å². The van der Waals surface area contributed by atoms with E-state index in [0.29, 0.717) is 12.1 Å². The van der Waals surface area contributed by atoms with Gasteiger partial charge in [0.25, 0.3) is 0 Å². The van der Waals surface area contributed by atoms with Crippen molar-refractivity contribution >= 4 is 5.71 Å². The molecule has 0 saturated heterocycles. The third-order valence-corrected chi connectivity index (χ3v) is 2.08. The molecule has 0 aliphatic carbocycles. The van der Waals surface area contributed by atoms with Crippen LogP contribution in [0.15, 0.2) is 35.3 Å². The molecule has 0 aliphatic rings. The second-order valence-electron chi connectivity index (χ2n) is 3.44. The van der Waals surface area contributed by atoms with Crippen LogP contribution in [0.1, 0.15) is 25.3 Å². The number of rotatable bonds is 5. The van der Waals surface area contributed by atoms with Gasteiger partial charge in [-0.2, -0.15) is 0 Å². The maximum Gasteiger partial charge on any atom is 0.524 e. The van der Waals surface area contributed by atoms with Crippen molar-refractivity contribution in [3.05, 3.63) is 35.9 Å². The summed E-state index contributed by atoms with van der Waals surface area (Å²) in [4.78, 5) is 3.84. The molecule has 1 aromatic rings. The molecule has 0 aliphatic heterocycles. The average Bonchev–Trinajstić information content (AvgIpc) is 2.27. The summed E-state index contributed by atoms with van der Waals surface area (Å²) in [5.41, 5.74) is 1.47. The molecule has 1 aromatic carbocycles. The van der Waals surface area contributed by atoms with Gasteiger partial charge in [-0.05, 0) is 12.0 Å². The number of alkyl halides is 3. The lowest BCUT2D eigenvalue weighted by atomic mass is 10.1. The molecule has 5 heteroatoms. The number of aliphatic imine (C=N–C) groups is 1. The Balaban J connectivity index is 2.69. The van der Waals surface area contributed by atoms with Gasteiger partial charge >= 0.3 is 6.36 Å². The van der Waals surface area contributed by atoms with Crippen molar-refractivity contribution in [2.75, 3.05) is 6.73 Å². The third kappa shape index (κ3) is 5.49. The molecule has 0 bridgehead atoms. The second-order valence-corrected chi connectivity index (χ2v) is 3.44. The Morgan fingerprint density at radius 1 is 1.24 bits per heavy atom. The number of nitrogens with zero attached hydrogens (tertiary/aromatic N) is 1. The lowest BCUT2D eigenvalue weighted by Gasteiger charge is -2.07. The largest absolute Gasteiger partial charge is 0.524 e. The number of halogens is 3. The standard InChI is InChI=1S/C12H14F3NO/c1-2-6-11(10-7-4-3-5-8-10)16-9-17-12(13,14)15/h3-5,7-8H,2,6,9H2,1H3/b16-11-. The van der Waals surface area contributed by atoms with E-state index in [-0.39, 0.29) is 0 Å². The van der Waals surface area contributed by atoms with Gasteiger partial charge in [-0.1, -0.05) is 43.7 Å². The van der Waals surface area contributed by atoms with E-state index in [9.17, 15) is 13.2 Å². The Morgan fingerprint density at radius 2 is 1.88 bits per heavy atom. The molecule has 0 atom stereocenters. The van der Waals surface area contributed by atoms with E-state index in [2.05, 4.69) is 9.73 Å². The van der Waals surface area contributed by atoms with Crippen LogP contribution in [0.25, 0.3) is 0 Å². The van der Waals surface area contributed by atoms with Crippen molar-refractivity contribution in [3.8, 4) is 0 Å². The Morgan fingerprint density at radius 3 is 2.41 bits per heavy atom. The minimum absolute atomic E-state index is 0.630. The van der Waals surface area contributed by atoms with E-state index >= 15 is 0 Å². The highest BCUT2D eigenvalue weighted by Crippen LogP contribution is 2.16. The van der Waals surface area contributed by atoms with Gasteiger partial charge in [0.1, 0.15) is 6.73 Å². The highest BCUT2D eigenvalue weighted by molar-refractivity contribution is 6.00. The van der Waals surface area contributed by atoms with Gasteiger partial charge in [-0.15, -0.1) is 13.2 Å². The van der Waals surface area contributed by atoms with E-state index in [4.69, 9.17) is 0 Å². The van der Waals surface area contributed by atoms with Gasteiger partial charge in [-0.25, -0.2) is 0 Å². The predicted molar refractivity (Wildman–Crippen MR) is 59.9 cm³/mol. The molecule has 0 saturated carbocycles. The summed E-state index contributed by atoms with van der Waals surface area (Å²) in [7, 11) is 0. The van der Waals surface area contributed by atoms with Crippen LogP contribution in [0.5, 0.6) is 0 Å². The molecular formula is C12H14F3NO. The van der Waals surface area contributed by atoms with Crippen LogP contribution in [0, 0.1) is 0 Å². The Hall–Kier alpha value is -1.36. The van der Waals surface area contributed by atoms with Crippen molar-refractivity contribution < 1.29 is 17.9 Å². The normalized spacial score (nSPS) is 12.8. The number of benzene rings is 1. The highest BCUT2D eigenvalue weighted by Gasteiger charge is 2.28. The monoisotopic (exact) mass is 245 g/mol. The summed E-state index contributed by atoms with van der Waals surface area (Å²) in [5, 5.41) is 0. The first kappa shape index (κ1) is 13.7. The maximum absolute atomic E-state index is 11.8. The first-order chi connectivity index (χ1) is 8.03. The number of hydrogen-bond donors (Lipinski definition) is 0. The van der Waals surface area contributed by atoms with Crippen LogP contribution in [0.2, 0.25) is 0 Å². The van der Waals surface area contributed by atoms with Gasteiger partial charge in [0.2, 0.25) is 0 Å². The van der Waals surface area contributed by atoms with Crippen molar-refractivity contribution in [2.24, 2.45) is 4.99 Å². The molecule has 2 nitrogen and oxygen atoms in total. The van der Waals surface area contributed by atoms with E-state index in [0.717, 1.165) is 12.0 Å². The smallest absolute Gasteiger partial charge is 0.269 e. The fraction of sp³-hybridized carbons (Fsp3) is 0.417. The second kappa shape index (κ2) is 6.39. The topological polar surface area (TPSA) is 21.6 Å². The Labute approximate surface area is 98.1 Å². The Bertz CT molecular complexity index is 360. The zero-order valence-electron chi connectivity index (χ0n) is 9.50. The van der Waals surface area contributed by atoms with Crippen molar-refractivity contribution in [1.82, 2.24) is 0 Å². The molecule has 0 heterocycles. The first-order valence-electron chi connectivity index (χ1n) is 5.32. The van der Waals surface area contributed by atoms with Gasteiger partial charge < -0.3 is 0 Å².